The van der Waals surface area contributed by atoms with Gasteiger partial charge in [0, 0.05) is 6.42 Å². The Morgan fingerprint density at radius 3 is 2.78 bits per heavy atom. The van der Waals surface area contributed by atoms with E-state index in [1.54, 1.807) is 15.6 Å². The molecule has 0 unspecified atom stereocenters. The molecule has 2 heterocycles. The van der Waals surface area contributed by atoms with Gasteiger partial charge in [-0.3, -0.25) is 5.10 Å². The quantitative estimate of drug-likeness (QED) is 0.580. The van der Waals surface area contributed by atoms with Gasteiger partial charge >= 0.3 is 0 Å². The number of aromatic nitrogens is 5. The Bertz CT molecular complexity index is 906. The number of hydrogen-bond donors (Lipinski definition) is 1. The fourth-order valence-corrected chi connectivity index (χ4v) is 2.70. The fourth-order valence-electron chi connectivity index (χ4n) is 2.19. The van der Waals surface area contributed by atoms with E-state index in [9.17, 15) is 0 Å². The van der Waals surface area contributed by atoms with Crippen molar-refractivity contribution in [3.8, 4) is 5.69 Å². The van der Waals surface area contributed by atoms with E-state index >= 15 is 0 Å². The standard InChI is InChI=1S/C15H15ClN6S/c1-3-13-18-19-15(23)22(13)17-9-12-10(2)20-21(14(12)16)11-7-5-4-6-8-11/h4-9H,3H2,1-2H3,(H,19,23). The molecule has 0 bridgehead atoms. The lowest BCUT2D eigenvalue weighted by atomic mass is 10.3. The lowest BCUT2D eigenvalue weighted by Gasteiger charge is -2.02. The molecule has 1 aromatic carbocycles. The molecule has 0 amide bonds. The minimum atomic E-state index is 0.447. The minimum absolute atomic E-state index is 0.447. The third-order valence-electron chi connectivity index (χ3n) is 3.38. The summed E-state index contributed by atoms with van der Waals surface area (Å²) in [5.41, 5.74) is 2.44. The zero-order valence-corrected chi connectivity index (χ0v) is 14.3. The van der Waals surface area contributed by atoms with Crippen molar-refractivity contribution in [1.82, 2.24) is 24.7 Å². The number of H-pyrrole nitrogens is 1. The number of nitrogens with one attached hydrogen (secondary N) is 1. The van der Waals surface area contributed by atoms with Gasteiger partial charge in [0.2, 0.25) is 4.77 Å². The molecule has 1 N–H and O–H groups in total. The Hall–Kier alpha value is -2.25. The summed E-state index contributed by atoms with van der Waals surface area (Å²) < 4.78 is 3.72. The van der Waals surface area contributed by atoms with Gasteiger partial charge in [0.05, 0.1) is 23.2 Å². The second-order valence-electron chi connectivity index (χ2n) is 4.89. The van der Waals surface area contributed by atoms with E-state index in [4.69, 9.17) is 23.8 Å². The van der Waals surface area contributed by atoms with Crippen molar-refractivity contribution in [1.29, 1.82) is 0 Å². The molecule has 0 aliphatic heterocycles. The molecule has 3 aromatic rings. The minimum Gasteiger partial charge on any atom is -0.250 e. The number of nitrogens with zero attached hydrogens (tertiary/aromatic N) is 5. The van der Waals surface area contributed by atoms with Gasteiger partial charge < -0.3 is 0 Å². The molecule has 0 spiro atoms. The van der Waals surface area contributed by atoms with Crippen LogP contribution in [0.4, 0.5) is 0 Å². The summed E-state index contributed by atoms with van der Waals surface area (Å²) >= 11 is 11.6. The molecule has 0 aliphatic carbocycles. The molecule has 23 heavy (non-hydrogen) atoms. The summed E-state index contributed by atoms with van der Waals surface area (Å²) in [6.45, 7) is 3.88. The topological polar surface area (TPSA) is 63.8 Å². The van der Waals surface area contributed by atoms with E-state index in [2.05, 4.69) is 20.4 Å². The van der Waals surface area contributed by atoms with Crippen molar-refractivity contribution < 1.29 is 0 Å². The Kier molecular flexibility index (Phi) is 4.40. The molecule has 8 heteroatoms. The third kappa shape index (κ3) is 2.97. The summed E-state index contributed by atoms with van der Waals surface area (Å²) in [5, 5.41) is 16.2. The third-order valence-corrected chi connectivity index (χ3v) is 4.01. The summed E-state index contributed by atoms with van der Waals surface area (Å²) in [7, 11) is 0. The number of benzene rings is 1. The largest absolute Gasteiger partial charge is 0.250 e. The summed E-state index contributed by atoms with van der Waals surface area (Å²) in [5.74, 6) is 0.760. The van der Waals surface area contributed by atoms with Gasteiger partial charge in [0.15, 0.2) is 5.82 Å². The van der Waals surface area contributed by atoms with E-state index in [0.717, 1.165) is 29.2 Å². The van der Waals surface area contributed by atoms with Crippen LogP contribution in [0.1, 0.15) is 24.0 Å². The van der Waals surface area contributed by atoms with E-state index in [0.29, 0.717) is 9.92 Å². The van der Waals surface area contributed by atoms with Crippen molar-refractivity contribution in [2.24, 2.45) is 5.10 Å². The van der Waals surface area contributed by atoms with Gasteiger partial charge in [0.1, 0.15) is 5.15 Å². The number of hydrogen-bond acceptors (Lipinski definition) is 4. The first-order valence-electron chi connectivity index (χ1n) is 7.13. The van der Waals surface area contributed by atoms with Gasteiger partial charge in [-0.2, -0.15) is 20.0 Å². The normalized spacial score (nSPS) is 11.4. The second-order valence-corrected chi connectivity index (χ2v) is 5.64. The second kappa shape index (κ2) is 6.47. The van der Waals surface area contributed by atoms with Gasteiger partial charge in [-0.05, 0) is 31.3 Å². The van der Waals surface area contributed by atoms with E-state index in [1.807, 2.05) is 44.2 Å². The predicted octanol–water partition coefficient (Wildman–Crippen LogP) is 3.53. The number of aryl methyl sites for hydroxylation is 2. The lowest BCUT2D eigenvalue weighted by Crippen LogP contribution is -1.98. The molecular weight excluding hydrogens is 332 g/mol. The Morgan fingerprint density at radius 1 is 1.35 bits per heavy atom. The van der Waals surface area contributed by atoms with E-state index < -0.39 is 0 Å². The zero-order valence-electron chi connectivity index (χ0n) is 12.7. The highest BCUT2D eigenvalue weighted by molar-refractivity contribution is 7.71. The van der Waals surface area contributed by atoms with Crippen LogP contribution in [0.5, 0.6) is 0 Å². The summed E-state index contributed by atoms with van der Waals surface area (Å²) in [6, 6.07) is 9.72. The van der Waals surface area contributed by atoms with Crippen molar-refractivity contribution in [3.05, 3.63) is 57.3 Å². The van der Waals surface area contributed by atoms with Crippen molar-refractivity contribution in [2.75, 3.05) is 0 Å². The van der Waals surface area contributed by atoms with Crippen LogP contribution >= 0.6 is 23.8 Å². The Morgan fingerprint density at radius 2 is 2.09 bits per heavy atom. The maximum Gasteiger partial charge on any atom is 0.216 e. The first kappa shape index (κ1) is 15.6. The van der Waals surface area contributed by atoms with Crippen LogP contribution in [0.15, 0.2) is 35.4 Å². The first-order valence-corrected chi connectivity index (χ1v) is 7.91. The van der Waals surface area contributed by atoms with Crippen LogP contribution in [0.2, 0.25) is 5.15 Å². The summed E-state index contributed by atoms with van der Waals surface area (Å²) in [4.78, 5) is 0. The lowest BCUT2D eigenvalue weighted by molar-refractivity contribution is 0.780. The molecule has 6 nitrogen and oxygen atoms in total. The number of para-hydroxylation sites is 1. The van der Waals surface area contributed by atoms with Crippen LogP contribution in [-0.2, 0) is 6.42 Å². The smallest absolute Gasteiger partial charge is 0.216 e. The van der Waals surface area contributed by atoms with Gasteiger partial charge in [-0.15, -0.1) is 0 Å². The number of aromatic amines is 1. The number of rotatable bonds is 4. The van der Waals surface area contributed by atoms with Crippen molar-refractivity contribution in [3.63, 3.8) is 0 Å². The first-order chi connectivity index (χ1) is 11.1. The molecule has 0 fully saturated rings. The maximum atomic E-state index is 6.47. The van der Waals surface area contributed by atoms with Gasteiger partial charge in [-0.1, -0.05) is 36.7 Å². The van der Waals surface area contributed by atoms with Crippen molar-refractivity contribution in [2.45, 2.75) is 20.3 Å². The maximum absolute atomic E-state index is 6.47. The van der Waals surface area contributed by atoms with Crippen LogP contribution in [0.25, 0.3) is 5.69 Å². The SMILES string of the molecule is CCc1n[nH]c(=S)n1N=Cc1c(C)nn(-c2ccccc2)c1Cl. The van der Waals surface area contributed by atoms with Crippen molar-refractivity contribution >= 4 is 30.0 Å². The van der Waals surface area contributed by atoms with Crippen LogP contribution < -0.4 is 0 Å². The van der Waals surface area contributed by atoms with Gasteiger partial charge in [-0.25, -0.2) is 4.68 Å². The highest BCUT2D eigenvalue weighted by Crippen LogP contribution is 2.22. The average molecular weight is 347 g/mol. The van der Waals surface area contributed by atoms with Crippen LogP contribution in [0.3, 0.4) is 0 Å². The molecule has 0 aliphatic rings. The zero-order chi connectivity index (χ0) is 16.4. The molecule has 0 saturated heterocycles. The summed E-state index contributed by atoms with van der Waals surface area (Å²) in [6.07, 6.45) is 2.38. The molecule has 3 rings (SSSR count). The molecule has 0 radical (unpaired) electrons. The van der Waals surface area contributed by atoms with E-state index in [-0.39, 0.29) is 0 Å². The van der Waals surface area contributed by atoms with E-state index in [1.165, 1.54) is 0 Å². The molecule has 2 aromatic heterocycles. The Labute approximate surface area is 143 Å². The number of halogens is 1. The predicted molar refractivity (Wildman–Crippen MR) is 93.1 cm³/mol. The highest BCUT2D eigenvalue weighted by atomic mass is 35.5. The fraction of sp³-hybridized carbons (Fsp3) is 0.200. The molecule has 118 valence electrons. The average Bonchev–Trinajstić information content (AvgIpc) is 3.06. The van der Waals surface area contributed by atoms with Crippen LogP contribution in [0, 0.1) is 11.7 Å². The molecular formula is C15H15ClN6S. The Balaban J connectivity index is 2.01. The molecule has 0 saturated carbocycles. The molecule has 0 atom stereocenters. The monoisotopic (exact) mass is 346 g/mol. The highest BCUT2D eigenvalue weighted by Gasteiger charge is 2.13. The van der Waals surface area contributed by atoms with Gasteiger partial charge in [0.25, 0.3) is 0 Å². The van der Waals surface area contributed by atoms with Crippen LogP contribution in [-0.4, -0.2) is 30.9 Å².